The van der Waals surface area contributed by atoms with E-state index in [0.29, 0.717) is 6.61 Å². The van der Waals surface area contributed by atoms with Crippen LogP contribution in [0.3, 0.4) is 0 Å². The monoisotopic (exact) mass is 234 g/mol. The van der Waals surface area contributed by atoms with Gasteiger partial charge in [0.1, 0.15) is 6.61 Å². The molecule has 0 radical (unpaired) electrons. The summed E-state index contributed by atoms with van der Waals surface area (Å²) in [5, 5.41) is 6.04. The third-order valence-electron chi connectivity index (χ3n) is 2.31. The van der Waals surface area contributed by atoms with E-state index in [9.17, 15) is 4.79 Å². The van der Waals surface area contributed by atoms with Crippen molar-refractivity contribution in [3.63, 3.8) is 0 Å². The van der Waals surface area contributed by atoms with Crippen LogP contribution in [0.2, 0.25) is 0 Å². The molecule has 2 N–H and O–H groups in total. The molecule has 90 valence electrons. The number of hydrogen-bond donors (Lipinski definition) is 2. The Labute approximate surface area is 93.5 Å². The molecule has 0 aliphatic carbocycles. The predicted molar refractivity (Wildman–Crippen MR) is 66.0 cm³/mol. The Morgan fingerprint density at radius 1 is 1.53 bits per heavy atom. The lowest BCUT2D eigenvalue weighted by molar-refractivity contribution is 0.149. The van der Waals surface area contributed by atoms with Crippen LogP contribution in [0.1, 0.15) is 6.42 Å². The fraction of sp³-hybridized carbons (Fsp3) is 0.900. The van der Waals surface area contributed by atoms with E-state index >= 15 is 0 Å². The first-order valence-corrected chi connectivity index (χ1v) is 8.30. The average molecular weight is 234 g/mol. The first-order valence-electron chi connectivity index (χ1n) is 5.27. The molecule has 1 amide bonds. The molecular formula is C10H22N2O2S. The van der Waals surface area contributed by atoms with E-state index in [1.807, 2.05) is 0 Å². The molecule has 0 bridgehead atoms. The van der Waals surface area contributed by atoms with Crippen molar-refractivity contribution in [1.29, 1.82) is 0 Å². The van der Waals surface area contributed by atoms with Gasteiger partial charge in [-0.25, -0.2) is 14.8 Å². The fourth-order valence-electron chi connectivity index (χ4n) is 1.37. The number of alkyl carbamates (subject to hydrolysis) is 1. The fourth-order valence-corrected chi connectivity index (χ4v) is 1.95. The van der Waals surface area contributed by atoms with Crippen LogP contribution in [0.5, 0.6) is 0 Å². The Morgan fingerprint density at radius 2 is 2.27 bits per heavy atom. The zero-order valence-electron chi connectivity index (χ0n) is 9.84. The molecule has 1 heterocycles. The number of amides is 1. The Kier molecular flexibility index (Phi) is 4.73. The smallest absolute Gasteiger partial charge is 0.407 e. The molecule has 1 saturated heterocycles. The first kappa shape index (κ1) is 12.6. The largest absolute Gasteiger partial charge is 0.449 e. The van der Waals surface area contributed by atoms with Gasteiger partial charge >= 0.3 is 6.09 Å². The van der Waals surface area contributed by atoms with Gasteiger partial charge < -0.3 is 15.4 Å². The van der Waals surface area contributed by atoms with Crippen molar-refractivity contribution >= 4 is 16.1 Å². The summed E-state index contributed by atoms with van der Waals surface area (Å²) in [6.45, 7) is 2.38. The summed E-state index contributed by atoms with van der Waals surface area (Å²) in [7, 11) is -0.564. The molecule has 1 aliphatic rings. The minimum atomic E-state index is -0.564. The summed E-state index contributed by atoms with van der Waals surface area (Å²) in [5.74, 6) is 0.976. The topological polar surface area (TPSA) is 50.4 Å². The molecule has 0 aromatic rings. The summed E-state index contributed by atoms with van der Waals surface area (Å²) in [4.78, 5) is 11.3. The summed E-state index contributed by atoms with van der Waals surface area (Å²) in [5.41, 5.74) is 0. The predicted octanol–water partition coefficient (Wildman–Crippen LogP) is 0.769. The maximum Gasteiger partial charge on any atom is 0.407 e. The first-order chi connectivity index (χ1) is 6.97. The lowest BCUT2D eigenvalue weighted by Crippen LogP contribution is -2.37. The standard InChI is InChI=1S/C10H22N2O2S/c1-15(2,3)7-6-14-10(13)12-9-4-5-11-8-9/h9,11H,4-8H2,1-3H3,(H,12,13). The van der Waals surface area contributed by atoms with E-state index in [1.54, 1.807) is 0 Å². The zero-order chi connectivity index (χ0) is 11.3. The minimum absolute atomic E-state index is 0.250. The van der Waals surface area contributed by atoms with Crippen LogP contribution < -0.4 is 10.6 Å². The van der Waals surface area contributed by atoms with Crippen LogP contribution in [-0.4, -0.2) is 56.4 Å². The molecule has 0 aromatic carbocycles. The van der Waals surface area contributed by atoms with E-state index in [-0.39, 0.29) is 12.1 Å². The van der Waals surface area contributed by atoms with Gasteiger partial charge in [0.2, 0.25) is 0 Å². The van der Waals surface area contributed by atoms with Gasteiger partial charge in [0.25, 0.3) is 0 Å². The minimum Gasteiger partial charge on any atom is -0.449 e. The molecule has 1 unspecified atom stereocenters. The van der Waals surface area contributed by atoms with Gasteiger partial charge in [-0.3, -0.25) is 0 Å². The highest BCUT2D eigenvalue weighted by Crippen LogP contribution is 2.33. The van der Waals surface area contributed by atoms with Crippen LogP contribution in [0, 0.1) is 0 Å². The van der Waals surface area contributed by atoms with E-state index in [2.05, 4.69) is 29.4 Å². The van der Waals surface area contributed by atoms with Gasteiger partial charge in [-0.2, -0.15) is 0 Å². The lowest BCUT2D eigenvalue weighted by Gasteiger charge is -2.24. The molecule has 0 aromatic heterocycles. The van der Waals surface area contributed by atoms with E-state index in [1.165, 1.54) is 0 Å². The summed E-state index contributed by atoms with van der Waals surface area (Å²) in [6.07, 6.45) is 7.38. The second-order valence-electron chi connectivity index (χ2n) is 4.76. The Morgan fingerprint density at radius 3 is 2.80 bits per heavy atom. The second kappa shape index (κ2) is 5.61. The highest BCUT2D eigenvalue weighted by Gasteiger charge is 2.17. The SMILES string of the molecule is CS(C)(C)CCOC(=O)NC1CCNC1. The molecule has 15 heavy (non-hydrogen) atoms. The molecular weight excluding hydrogens is 212 g/mol. The summed E-state index contributed by atoms with van der Waals surface area (Å²) >= 11 is 0. The van der Waals surface area contributed by atoms with Crippen molar-refractivity contribution in [2.45, 2.75) is 12.5 Å². The molecule has 1 atom stereocenters. The zero-order valence-corrected chi connectivity index (χ0v) is 10.7. The van der Waals surface area contributed by atoms with Crippen molar-refractivity contribution in [2.24, 2.45) is 0 Å². The third kappa shape index (κ3) is 5.89. The van der Waals surface area contributed by atoms with Crippen molar-refractivity contribution in [3.8, 4) is 0 Å². The quantitative estimate of drug-likeness (QED) is 0.755. The third-order valence-corrected chi connectivity index (χ3v) is 3.70. The van der Waals surface area contributed by atoms with Crippen molar-refractivity contribution in [2.75, 3.05) is 44.2 Å². The molecule has 4 nitrogen and oxygen atoms in total. The van der Waals surface area contributed by atoms with Crippen LogP contribution in [0.4, 0.5) is 4.79 Å². The number of nitrogens with one attached hydrogen (secondary N) is 2. The van der Waals surface area contributed by atoms with E-state index in [0.717, 1.165) is 25.3 Å². The van der Waals surface area contributed by atoms with Crippen LogP contribution in [-0.2, 0) is 4.74 Å². The number of carbonyl (C=O) groups excluding carboxylic acids is 1. The van der Waals surface area contributed by atoms with Crippen LogP contribution >= 0.6 is 10.0 Å². The van der Waals surface area contributed by atoms with Gasteiger partial charge in [-0.05, 0) is 31.7 Å². The lowest BCUT2D eigenvalue weighted by atomic mass is 10.3. The highest BCUT2D eigenvalue weighted by atomic mass is 32.3. The van der Waals surface area contributed by atoms with Crippen molar-refractivity contribution < 1.29 is 9.53 Å². The molecule has 1 aliphatic heterocycles. The van der Waals surface area contributed by atoms with Gasteiger partial charge in [0, 0.05) is 18.3 Å². The van der Waals surface area contributed by atoms with Gasteiger partial charge in [-0.1, -0.05) is 0 Å². The van der Waals surface area contributed by atoms with Gasteiger partial charge in [-0.15, -0.1) is 0 Å². The molecule has 0 saturated carbocycles. The highest BCUT2D eigenvalue weighted by molar-refractivity contribution is 8.32. The molecule has 1 rings (SSSR count). The normalized spacial score (nSPS) is 22.5. The molecule has 5 heteroatoms. The van der Waals surface area contributed by atoms with Crippen molar-refractivity contribution in [1.82, 2.24) is 10.6 Å². The van der Waals surface area contributed by atoms with Crippen LogP contribution in [0.25, 0.3) is 0 Å². The van der Waals surface area contributed by atoms with E-state index in [4.69, 9.17) is 4.74 Å². The van der Waals surface area contributed by atoms with Crippen LogP contribution in [0.15, 0.2) is 0 Å². The van der Waals surface area contributed by atoms with Crippen molar-refractivity contribution in [3.05, 3.63) is 0 Å². The number of carbonyl (C=O) groups is 1. The Hall–Kier alpha value is -0.420. The maximum atomic E-state index is 11.3. The Bertz CT molecular complexity index is 210. The molecule has 1 fully saturated rings. The molecule has 0 spiro atoms. The Balaban J connectivity index is 2.08. The van der Waals surface area contributed by atoms with E-state index < -0.39 is 10.0 Å². The van der Waals surface area contributed by atoms with Gasteiger partial charge in [0.05, 0.1) is 0 Å². The average Bonchev–Trinajstić information content (AvgIpc) is 2.54. The maximum absolute atomic E-state index is 11.3. The number of hydrogen-bond acceptors (Lipinski definition) is 3. The summed E-state index contributed by atoms with van der Waals surface area (Å²) in [6, 6.07) is 0.250. The van der Waals surface area contributed by atoms with Gasteiger partial charge in [0.15, 0.2) is 0 Å². The number of ether oxygens (including phenoxy) is 1. The summed E-state index contributed by atoms with van der Waals surface area (Å²) < 4.78 is 5.12. The second-order valence-corrected chi connectivity index (χ2v) is 9.35. The number of rotatable bonds is 4.